The first-order valence-electron chi connectivity index (χ1n) is 8.55. The highest BCUT2D eigenvalue weighted by Gasteiger charge is 2.41. The molecular weight excluding hydrogens is 248 g/mol. The summed E-state index contributed by atoms with van der Waals surface area (Å²) in [6.45, 7) is 8.91. The zero-order valence-corrected chi connectivity index (χ0v) is 13.7. The van der Waals surface area contributed by atoms with Gasteiger partial charge in [-0.3, -0.25) is 4.90 Å². The molecule has 2 fully saturated rings. The third-order valence-corrected chi connectivity index (χ3v) is 5.88. The van der Waals surface area contributed by atoms with Crippen LogP contribution in [0.25, 0.3) is 0 Å². The highest BCUT2D eigenvalue weighted by atomic mass is 16.5. The van der Waals surface area contributed by atoms with Crippen molar-refractivity contribution >= 4 is 0 Å². The van der Waals surface area contributed by atoms with Crippen molar-refractivity contribution < 1.29 is 4.74 Å². The molecule has 0 bridgehead atoms. The maximum atomic E-state index is 6.24. The summed E-state index contributed by atoms with van der Waals surface area (Å²) in [5.41, 5.74) is 6.53. The Hall–Kier alpha value is -0.120. The van der Waals surface area contributed by atoms with Crippen molar-refractivity contribution in [1.29, 1.82) is 0 Å². The molecule has 2 N–H and O–H groups in total. The number of nitrogens with zero attached hydrogens (tertiary/aromatic N) is 1. The monoisotopic (exact) mass is 282 g/mol. The summed E-state index contributed by atoms with van der Waals surface area (Å²) in [6.07, 6.45) is 7.95. The van der Waals surface area contributed by atoms with Gasteiger partial charge in [0.2, 0.25) is 0 Å². The predicted octanol–water partition coefficient (Wildman–Crippen LogP) is 2.89. The largest absolute Gasteiger partial charge is 0.384 e. The van der Waals surface area contributed by atoms with Gasteiger partial charge in [0.05, 0.1) is 6.61 Å². The average molecular weight is 282 g/mol. The van der Waals surface area contributed by atoms with E-state index in [-0.39, 0.29) is 5.54 Å². The highest BCUT2D eigenvalue weighted by Crippen LogP contribution is 2.40. The van der Waals surface area contributed by atoms with Gasteiger partial charge in [0.15, 0.2) is 0 Å². The van der Waals surface area contributed by atoms with Crippen molar-refractivity contribution in [2.75, 3.05) is 33.4 Å². The molecule has 118 valence electrons. The lowest BCUT2D eigenvalue weighted by atomic mass is 9.71. The number of ether oxygens (including phenoxy) is 1. The van der Waals surface area contributed by atoms with Gasteiger partial charge < -0.3 is 10.5 Å². The standard InChI is InChI=1S/C17H34N2O/c1-14(2)16-6-8-17(13-18,9-7-16)19-10-4-5-15(11-19)12-20-3/h14-16H,4-13,18H2,1-3H3. The van der Waals surface area contributed by atoms with E-state index in [0.717, 1.165) is 25.0 Å². The minimum atomic E-state index is 0.289. The van der Waals surface area contributed by atoms with Gasteiger partial charge in [0, 0.05) is 25.7 Å². The van der Waals surface area contributed by atoms with Crippen LogP contribution in [0.4, 0.5) is 0 Å². The van der Waals surface area contributed by atoms with E-state index in [1.165, 1.54) is 51.6 Å². The van der Waals surface area contributed by atoms with Gasteiger partial charge in [0.25, 0.3) is 0 Å². The van der Waals surface area contributed by atoms with Crippen molar-refractivity contribution in [3.8, 4) is 0 Å². The summed E-state index contributed by atoms with van der Waals surface area (Å²) in [6, 6.07) is 0. The van der Waals surface area contributed by atoms with Crippen molar-refractivity contribution in [2.45, 2.75) is 57.9 Å². The van der Waals surface area contributed by atoms with Crippen LogP contribution in [-0.4, -0.2) is 43.8 Å². The fourth-order valence-electron chi connectivity index (χ4n) is 4.36. The minimum Gasteiger partial charge on any atom is -0.384 e. The van der Waals surface area contributed by atoms with Crippen molar-refractivity contribution in [3.63, 3.8) is 0 Å². The first-order chi connectivity index (χ1) is 9.61. The zero-order chi connectivity index (χ0) is 14.6. The molecule has 3 nitrogen and oxygen atoms in total. The Kier molecular flexibility index (Phi) is 5.88. The van der Waals surface area contributed by atoms with Crippen molar-refractivity contribution in [3.05, 3.63) is 0 Å². The summed E-state index contributed by atoms with van der Waals surface area (Å²) >= 11 is 0. The Balaban J connectivity index is 1.97. The molecule has 2 rings (SSSR count). The predicted molar refractivity (Wildman–Crippen MR) is 84.8 cm³/mol. The number of hydrogen-bond acceptors (Lipinski definition) is 3. The Morgan fingerprint density at radius 3 is 2.50 bits per heavy atom. The van der Waals surface area contributed by atoms with Crippen molar-refractivity contribution in [1.82, 2.24) is 4.90 Å². The molecule has 0 aromatic heterocycles. The summed E-state index contributed by atoms with van der Waals surface area (Å²) in [4.78, 5) is 2.72. The number of likely N-dealkylation sites (tertiary alicyclic amines) is 1. The second-order valence-corrected chi connectivity index (χ2v) is 7.42. The summed E-state index contributed by atoms with van der Waals surface area (Å²) < 4.78 is 5.37. The first-order valence-corrected chi connectivity index (χ1v) is 8.55. The fourth-order valence-corrected chi connectivity index (χ4v) is 4.36. The molecule has 1 aliphatic carbocycles. The number of piperidine rings is 1. The van der Waals surface area contributed by atoms with Gasteiger partial charge in [-0.1, -0.05) is 13.8 Å². The van der Waals surface area contributed by atoms with Gasteiger partial charge in [-0.25, -0.2) is 0 Å². The summed E-state index contributed by atoms with van der Waals surface area (Å²) in [5, 5.41) is 0. The van der Waals surface area contributed by atoms with E-state index in [2.05, 4.69) is 18.7 Å². The van der Waals surface area contributed by atoms with Gasteiger partial charge in [-0.15, -0.1) is 0 Å². The molecule has 1 heterocycles. The lowest BCUT2D eigenvalue weighted by Crippen LogP contribution is -2.59. The van der Waals surface area contributed by atoms with Crippen LogP contribution in [0.2, 0.25) is 0 Å². The molecule has 1 saturated carbocycles. The Morgan fingerprint density at radius 2 is 1.95 bits per heavy atom. The van der Waals surface area contributed by atoms with Gasteiger partial charge in [-0.2, -0.15) is 0 Å². The summed E-state index contributed by atoms with van der Waals surface area (Å²) in [5.74, 6) is 2.45. The Morgan fingerprint density at radius 1 is 1.25 bits per heavy atom. The first kappa shape index (κ1) is 16.3. The molecule has 3 heteroatoms. The van der Waals surface area contributed by atoms with E-state index in [9.17, 15) is 0 Å². The third-order valence-electron chi connectivity index (χ3n) is 5.88. The van der Waals surface area contributed by atoms with Crippen LogP contribution in [0.15, 0.2) is 0 Å². The van der Waals surface area contributed by atoms with Crippen LogP contribution in [-0.2, 0) is 4.74 Å². The van der Waals surface area contributed by atoms with Crippen LogP contribution in [0, 0.1) is 17.8 Å². The SMILES string of the molecule is COCC1CCCN(C2(CN)CCC(C(C)C)CC2)C1. The van der Waals surface area contributed by atoms with Crippen LogP contribution in [0.3, 0.4) is 0 Å². The van der Waals surface area contributed by atoms with Crippen LogP contribution >= 0.6 is 0 Å². The molecular formula is C17H34N2O. The average Bonchev–Trinajstić information content (AvgIpc) is 2.48. The maximum Gasteiger partial charge on any atom is 0.0502 e. The number of methoxy groups -OCH3 is 1. The van der Waals surface area contributed by atoms with E-state index in [1.54, 1.807) is 0 Å². The van der Waals surface area contributed by atoms with E-state index in [1.807, 2.05) is 7.11 Å². The zero-order valence-electron chi connectivity index (χ0n) is 13.7. The molecule has 1 atom stereocenters. The second kappa shape index (κ2) is 7.24. The lowest BCUT2D eigenvalue weighted by molar-refractivity contribution is -0.00948. The second-order valence-electron chi connectivity index (χ2n) is 7.42. The molecule has 0 aromatic rings. The van der Waals surface area contributed by atoms with Gasteiger partial charge >= 0.3 is 0 Å². The van der Waals surface area contributed by atoms with Gasteiger partial charge in [-0.05, 0) is 62.8 Å². The number of nitrogens with two attached hydrogens (primary N) is 1. The molecule has 0 radical (unpaired) electrons. The lowest BCUT2D eigenvalue weighted by Gasteiger charge is -2.51. The molecule has 1 aliphatic heterocycles. The molecule has 20 heavy (non-hydrogen) atoms. The van der Waals surface area contributed by atoms with Crippen LogP contribution in [0.1, 0.15) is 52.4 Å². The van der Waals surface area contributed by atoms with E-state index in [4.69, 9.17) is 10.5 Å². The third kappa shape index (κ3) is 3.55. The molecule has 1 unspecified atom stereocenters. The highest BCUT2D eigenvalue weighted by molar-refractivity contribution is 4.98. The number of rotatable bonds is 5. The minimum absolute atomic E-state index is 0.289. The normalized spacial score (nSPS) is 36.5. The molecule has 0 spiro atoms. The van der Waals surface area contributed by atoms with E-state index < -0.39 is 0 Å². The molecule has 0 aromatic carbocycles. The number of hydrogen-bond donors (Lipinski definition) is 1. The van der Waals surface area contributed by atoms with Crippen LogP contribution < -0.4 is 5.73 Å². The van der Waals surface area contributed by atoms with E-state index in [0.29, 0.717) is 5.92 Å². The molecule has 2 aliphatic rings. The van der Waals surface area contributed by atoms with Crippen LogP contribution in [0.5, 0.6) is 0 Å². The maximum absolute atomic E-state index is 6.24. The Labute approximate surface area is 125 Å². The van der Waals surface area contributed by atoms with Crippen molar-refractivity contribution in [2.24, 2.45) is 23.5 Å². The molecule has 1 saturated heterocycles. The topological polar surface area (TPSA) is 38.5 Å². The quantitative estimate of drug-likeness (QED) is 0.842. The smallest absolute Gasteiger partial charge is 0.0502 e. The van der Waals surface area contributed by atoms with E-state index >= 15 is 0 Å². The Bertz CT molecular complexity index is 283. The van der Waals surface area contributed by atoms with Gasteiger partial charge in [0.1, 0.15) is 0 Å². The summed E-state index contributed by atoms with van der Waals surface area (Å²) in [7, 11) is 1.82. The molecule has 0 amide bonds. The fraction of sp³-hybridized carbons (Fsp3) is 1.00.